The van der Waals surface area contributed by atoms with Gasteiger partial charge in [0.1, 0.15) is 6.54 Å². The van der Waals surface area contributed by atoms with Crippen molar-refractivity contribution in [2.75, 3.05) is 11.4 Å². The van der Waals surface area contributed by atoms with Gasteiger partial charge in [0.25, 0.3) is 23.4 Å². The number of rotatable bonds is 6. The van der Waals surface area contributed by atoms with Gasteiger partial charge in [-0.15, -0.1) is 0 Å². The summed E-state index contributed by atoms with van der Waals surface area (Å²) in [5.74, 6) is -1.56. The van der Waals surface area contributed by atoms with Crippen molar-refractivity contribution in [1.82, 2.24) is 10.0 Å². The number of nitro benzene ring substituents is 1. The Morgan fingerprint density at radius 2 is 1.61 bits per heavy atom. The molecule has 2 fully saturated rings. The van der Waals surface area contributed by atoms with E-state index in [2.05, 4.69) is 47.6 Å². The molecule has 12 nitrogen and oxygen atoms in total. The third kappa shape index (κ3) is 5.05. The van der Waals surface area contributed by atoms with Crippen molar-refractivity contribution in [2.24, 2.45) is 21.4 Å². The molecule has 0 aromatic heterocycles. The number of allylic oxidation sites excluding steroid dienone is 1. The van der Waals surface area contributed by atoms with Crippen LogP contribution < -0.4 is 4.90 Å². The fourth-order valence-corrected chi connectivity index (χ4v) is 6.71. The molecule has 0 radical (unpaired) electrons. The molecule has 4 atom stereocenters. The predicted octanol–water partition coefficient (Wildman–Crippen LogP) is 5.33. The Labute approximate surface area is 264 Å². The highest BCUT2D eigenvalue weighted by atomic mass is 16.6. The lowest BCUT2D eigenvalue weighted by Crippen LogP contribution is -2.45. The molecule has 7 rings (SSSR count). The van der Waals surface area contributed by atoms with Crippen molar-refractivity contribution in [3.05, 3.63) is 111 Å². The smallest absolute Gasteiger partial charge is 0.269 e. The Balaban J connectivity index is 1.17. The van der Waals surface area contributed by atoms with E-state index in [0.717, 1.165) is 52.1 Å². The largest absolute Gasteiger partial charge is 0.271 e. The number of aryl methyl sites for hydroxylation is 2. The summed E-state index contributed by atoms with van der Waals surface area (Å²) in [5.41, 5.74) is 6.35. The summed E-state index contributed by atoms with van der Waals surface area (Å²) in [5, 5.41) is 26.9. The third-order valence-electron chi connectivity index (χ3n) is 9.07. The van der Waals surface area contributed by atoms with Crippen LogP contribution in [0.25, 0.3) is 6.08 Å². The van der Waals surface area contributed by atoms with E-state index in [0.29, 0.717) is 0 Å². The van der Waals surface area contributed by atoms with E-state index < -0.39 is 28.8 Å². The first-order valence-electron chi connectivity index (χ1n) is 15.2. The van der Waals surface area contributed by atoms with E-state index in [9.17, 15) is 24.5 Å². The SMILES string of the molecule is Cc1ccc(/C=C2/CCC[C@@H]3C2=NN(C(=O)CN2N=N[C@@H]4C(=O)N(c5ccc([N+](=O)[O-])cc5)C(=O)[C@@H]42)[C@@H]3c2ccc(C)cc2)cc1. The van der Waals surface area contributed by atoms with Crippen LogP contribution in [-0.2, 0) is 14.4 Å². The number of hydrazone groups is 1. The number of anilines is 1. The standard InChI is InChI=1S/C34H31N7O5/c1-20-6-10-22(11-7-20)18-24-4-3-5-27-29(24)36-40(31(27)23-12-8-21(2)9-13-23)28(42)19-38-32-30(35-37-38)33(43)39(34(32)44)25-14-16-26(17-15-25)41(45)46/h6-18,27,30-32H,3-5,19H2,1-2H3/b24-18-/t27-,30+,31-,32-/m1/s1. The molecule has 1 saturated heterocycles. The molecular formula is C34H31N7O5. The van der Waals surface area contributed by atoms with Crippen LogP contribution in [-0.4, -0.2) is 57.0 Å². The number of imide groups is 1. The minimum atomic E-state index is -1.11. The molecule has 0 N–H and O–H groups in total. The maximum Gasteiger partial charge on any atom is 0.269 e. The van der Waals surface area contributed by atoms with Gasteiger partial charge in [-0.25, -0.2) is 9.91 Å². The summed E-state index contributed by atoms with van der Waals surface area (Å²) in [7, 11) is 0. The van der Waals surface area contributed by atoms with Gasteiger partial charge < -0.3 is 0 Å². The van der Waals surface area contributed by atoms with E-state index >= 15 is 0 Å². The van der Waals surface area contributed by atoms with Gasteiger partial charge >= 0.3 is 0 Å². The normalized spacial score (nSPS) is 24.4. The van der Waals surface area contributed by atoms with E-state index in [4.69, 9.17) is 5.10 Å². The maximum absolute atomic E-state index is 14.1. The fraction of sp³-hybridized carbons (Fsp3) is 0.294. The van der Waals surface area contributed by atoms with Crippen LogP contribution in [0.4, 0.5) is 11.4 Å². The molecule has 46 heavy (non-hydrogen) atoms. The van der Waals surface area contributed by atoms with Crippen LogP contribution in [0.15, 0.2) is 93.8 Å². The van der Waals surface area contributed by atoms with Crippen molar-refractivity contribution in [1.29, 1.82) is 0 Å². The van der Waals surface area contributed by atoms with Crippen molar-refractivity contribution in [2.45, 2.75) is 51.2 Å². The molecule has 3 aromatic carbocycles. The van der Waals surface area contributed by atoms with Crippen LogP contribution in [0, 0.1) is 29.9 Å². The number of nitro groups is 1. The lowest BCUT2D eigenvalue weighted by molar-refractivity contribution is -0.384. The lowest BCUT2D eigenvalue weighted by Gasteiger charge is -2.30. The Morgan fingerprint density at radius 3 is 2.28 bits per heavy atom. The van der Waals surface area contributed by atoms with Gasteiger partial charge in [-0.05, 0) is 68.0 Å². The number of hydrogen-bond acceptors (Lipinski definition) is 9. The molecule has 232 valence electrons. The van der Waals surface area contributed by atoms with E-state index in [1.165, 1.54) is 39.8 Å². The summed E-state index contributed by atoms with van der Waals surface area (Å²) in [4.78, 5) is 52.3. The minimum Gasteiger partial charge on any atom is -0.271 e. The highest BCUT2D eigenvalue weighted by molar-refractivity contribution is 6.25. The molecular weight excluding hydrogens is 586 g/mol. The van der Waals surface area contributed by atoms with Crippen LogP contribution in [0.3, 0.4) is 0 Å². The highest BCUT2D eigenvalue weighted by Gasteiger charge is 2.55. The lowest BCUT2D eigenvalue weighted by atomic mass is 9.77. The summed E-state index contributed by atoms with van der Waals surface area (Å²) in [6, 6.07) is 19.0. The van der Waals surface area contributed by atoms with Crippen molar-refractivity contribution in [3.63, 3.8) is 0 Å². The number of non-ortho nitro benzene ring substituents is 1. The van der Waals surface area contributed by atoms with Gasteiger partial charge in [0.05, 0.1) is 22.4 Å². The molecule has 3 heterocycles. The molecule has 1 aliphatic carbocycles. The van der Waals surface area contributed by atoms with Gasteiger partial charge in [0.2, 0.25) is 0 Å². The molecule has 12 heteroatoms. The first-order valence-corrected chi connectivity index (χ1v) is 15.2. The average molecular weight is 618 g/mol. The Morgan fingerprint density at radius 1 is 0.935 bits per heavy atom. The van der Waals surface area contributed by atoms with Crippen LogP contribution >= 0.6 is 0 Å². The highest BCUT2D eigenvalue weighted by Crippen LogP contribution is 2.45. The first kappa shape index (κ1) is 29.2. The quantitative estimate of drug-likeness (QED) is 0.208. The second-order valence-electron chi connectivity index (χ2n) is 12.1. The number of amides is 3. The van der Waals surface area contributed by atoms with E-state index in [1.807, 2.05) is 31.2 Å². The zero-order chi connectivity index (χ0) is 32.1. The summed E-state index contributed by atoms with van der Waals surface area (Å²) in [6.45, 7) is 3.76. The van der Waals surface area contributed by atoms with Crippen LogP contribution in [0.5, 0.6) is 0 Å². The van der Waals surface area contributed by atoms with Crippen LogP contribution in [0.2, 0.25) is 0 Å². The molecule has 1 saturated carbocycles. The molecule has 3 amide bonds. The molecule has 3 aromatic rings. The number of hydrogen-bond donors (Lipinski definition) is 0. The molecule has 3 aliphatic heterocycles. The second-order valence-corrected chi connectivity index (χ2v) is 12.1. The Kier molecular flexibility index (Phi) is 7.26. The first-order chi connectivity index (χ1) is 22.2. The number of fused-ring (bicyclic) bond motifs is 2. The summed E-state index contributed by atoms with van der Waals surface area (Å²) >= 11 is 0. The number of carbonyl (C=O) groups excluding carboxylic acids is 3. The van der Waals surface area contributed by atoms with Gasteiger partial charge in [-0.2, -0.15) is 10.2 Å². The minimum absolute atomic E-state index is 0.00243. The van der Waals surface area contributed by atoms with Crippen molar-refractivity contribution in [3.8, 4) is 0 Å². The topological polar surface area (TPSA) is 141 Å². The molecule has 0 spiro atoms. The fourth-order valence-electron chi connectivity index (χ4n) is 6.71. The van der Waals surface area contributed by atoms with E-state index in [-0.39, 0.29) is 35.8 Å². The number of benzene rings is 3. The zero-order valence-corrected chi connectivity index (χ0v) is 25.3. The number of nitrogens with zero attached hydrogens (tertiary/aromatic N) is 7. The molecule has 0 bridgehead atoms. The van der Waals surface area contributed by atoms with Crippen LogP contribution in [0.1, 0.15) is 47.6 Å². The molecule has 0 unspecified atom stereocenters. The second kappa shape index (κ2) is 11.4. The van der Waals surface area contributed by atoms with Gasteiger partial charge in [-0.1, -0.05) is 64.9 Å². The Bertz CT molecular complexity index is 1830. The molecule has 4 aliphatic rings. The number of carbonyl (C=O) groups is 3. The summed E-state index contributed by atoms with van der Waals surface area (Å²) in [6.07, 6.45) is 4.84. The average Bonchev–Trinajstić information content (AvgIpc) is 3.72. The Hall–Kier alpha value is -5.52. The van der Waals surface area contributed by atoms with Crippen molar-refractivity contribution < 1.29 is 19.3 Å². The summed E-state index contributed by atoms with van der Waals surface area (Å²) < 4.78 is 0. The zero-order valence-electron chi connectivity index (χ0n) is 25.3. The third-order valence-corrected chi connectivity index (χ3v) is 9.07. The maximum atomic E-state index is 14.1. The predicted molar refractivity (Wildman–Crippen MR) is 169 cm³/mol. The van der Waals surface area contributed by atoms with E-state index in [1.54, 1.807) is 0 Å². The van der Waals surface area contributed by atoms with Gasteiger partial charge in [0.15, 0.2) is 12.1 Å². The van der Waals surface area contributed by atoms with Gasteiger partial charge in [-0.3, -0.25) is 29.5 Å². The monoisotopic (exact) mass is 617 g/mol. The van der Waals surface area contributed by atoms with Crippen molar-refractivity contribution >= 4 is 40.9 Å². The van der Waals surface area contributed by atoms with Gasteiger partial charge in [0, 0.05) is 18.1 Å².